The highest BCUT2D eigenvalue weighted by atomic mass is 79.9. The van der Waals surface area contributed by atoms with Crippen LogP contribution in [0.4, 0.5) is 5.82 Å². The van der Waals surface area contributed by atoms with E-state index in [4.69, 9.17) is 4.42 Å². The highest BCUT2D eigenvalue weighted by Crippen LogP contribution is 2.26. The summed E-state index contributed by atoms with van der Waals surface area (Å²) in [6.07, 6.45) is 5.11. The highest BCUT2D eigenvalue weighted by Gasteiger charge is 2.21. The first-order valence-electron chi connectivity index (χ1n) is 9.09. The second-order valence-electron chi connectivity index (χ2n) is 6.45. The summed E-state index contributed by atoms with van der Waals surface area (Å²) in [5, 5.41) is 7.87. The van der Waals surface area contributed by atoms with Gasteiger partial charge in [0.15, 0.2) is 11.6 Å². The van der Waals surface area contributed by atoms with Crippen LogP contribution >= 0.6 is 27.7 Å². The molecule has 0 aliphatic rings. The van der Waals surface area contributed by atoms with Crippen molar-refractivity contribution < 1.29 is 9.21 Å². The van der Waals surface area contributed by atoms with Gasteiger partial charge in [0.25, 0.3) is 5.91 Å². The fourth-order valence-electron chi connectivity index (χ4n) is 2.98. The van der Waals surface area contributed by atoms with Gasteiger partial charge in [-0.3, -0.25) is 4.79 Å². The van der Waals surface area contributed by atoms with Gasteiger partial charge in [0.05, 0.1) is 30.3 Å². The lowest BCUT2D eigenvalue weighted by atomic mass is 10.2. The Morgan fingerprint density at radius 1 is 1.20 bits per heavy atom. The lowest BCUT2D eigenvalue weighted by Crippen LogP contribution is -2.19. The molecule has 4 rings (SSSR count). The van der Waals surface area contributed by atoms with E-state index in [2.05, 4.69) is 36.3 Å². The van der Waals surface area contributed by atoms with Crippen LogP contribution in [0.3, 0.4) is 0 Å². The number of hydrogen-bond donors (Lipinski definition) is 1. The first-order valence-corrected chi connectivity index (χ1v) is 11.1. The van der Waals surface area contributed by atoms with Crippen molar-refractivity contribution in [2.75, 3.05) is 11.6 Å². The lowest BCUT2D eigenvalue weighted by Gasteiger charge is -2.13. The summed E-state index contributed by atoms with van der Waals surface area (Å²) in [6.45, 7) is 2.33. The number of hydrogen-bond acceptors (Lipinski definition) is 6. The number of aryl methyl sites for hydroxylation is 1. The molecule has 3 heterocycles. The number of nitrogens with zero attached hydrogens (tertiary/aromatic N) is 4. The summed E-state index contributed by atoms with van der Waals surface area (Å²) in [5.74, 6) is 1.34. The number of anilines is 1. The molecule has 0 spiro atoms. The van der Waals surface area contributed by atoms with E-state index in [0.717, 1.165) is 10.0 Å². The minimum atomic E-state index is -0.277. The van der Waals surface area contributed by atoms with Gasteiger partial charge in [-0.15, -0.1) is 11.8 Å². The maximum Gasteiger partial charge on any atom is 0.261 e. The van der Waals surface area contributed by atoms with E-state index in [1.165, 1.54) is 11.8 Å². The van der Waals surface area contributed by atoms with E-state index in [1.54, 1.807) is 42.3 Å². The third-order valence-electron chi connectivity index (χ3n) is 4.42. The van der Waals surface area contributed by atoms with Gasteiger partial charge in [0, 0.05) is 10.5 Å². The topological polar surface area (TPSA) is 85.8 Å². The summed E-state index contributed by atoms with van der Waals surface area (Å²) in [4.78, 5) is 22.1. The van der Waals surface area contributed by atoms with Gasteiger partial charge in [-0.1, -0.05) is 28.1 Å². The maximum atomic E-state index is 13.1. The molecule has 9 heteroatoms. The first kappa shape index (κ1) is 20.4. The monoisotopic (exact) mass is 483 g/mol. The molecule has 0 radical (unpaired) electrons. The normalized spacial score (nSPS) is 10.9. The number of aromatic nitrogens is 4. The fraction of sp³-hybridized carbons (Fsp3) is 0.143. The molecule has 3 aromatic heterocycles. The summed E-state index contributed by atoms with van der Waals surface area (Å²) >= 11 is 4.82. The Balaban J connectivity index is 1.59. The molecule has 0 atom stereocenters. The number of furan rings is 1. The molecule has 1 aromatic carbocycles. The molecule has 7 nitrogen and oxygen atoms in total. The number of amides is 1. The van der Waals surface area contributed by atoms with Gasteiger partial charge in [0.2, 0.25) is 0 Å². The number of thioether (sulfide) groups is 1. The SMILES string of the molecule is CSc1nc(-c2ccco2)nc(C)c1C(=O)Nc1ccnn1Cc1ccc(Br)cc1. The first-order chi connectivity index (χ1) is 14.5. The van der Waals surface area contributed by atoms with Crippen LogP contribution in [0.5, 0.6) is 0 Å². The largest absolute Gasteiger partial charge is 0.461 e. The minimum absolute atomic E-state index is 0.277. The van der Waals surface area contributed by atoms with Crippen molar-refractivity contribution >= 4 is 39.4 Å². The molecule has 0 aliphatic heterocycles. The van der Waals surface area contributed by atoms with Crippen molar-refractivity contribution in [2.24, 2.45) is 0 Å². The molecule has 4 aromatic rings. The average Bonchev–Trinajstić information content (AvgIpc) is 3.41. The Morgan fingerprint density at radius 3 is 2.70 bits per heavy atom. The van der Waals surface area contributed by atoms with Gasteiger partial charge in [-0.2, -0.15) is 5.10 Å². The Morgan fingerprint density at radius 2 is 2.00 bits per heavy atom. The Kier molecular flexibility index (Phi) is 6.01. The molecule has 0 unspecified atom stereocenters. The van der Waals surface area contributed by atoms with Gasteiger partial charge >= 0.3 is 0 Å². The van der Waals surface area contributed by atoms with Gasteiger partial charge in [0.1, 0.15) is 10.8 Å². The molecule has 0 fully saturated rings. The van der Waals surface area contributed by atoms with Crippen LogP contribution in [-0.4, -0.2) is 31.9 Å². The van der Waals surface area contributed by atoms with Crippen molar-refractivity contribution in [1.82, 2.24) is 19.7 Å². The van der Waals surface area contributed by atoms with E-state index in [9.17, 15) is 4.79 Å². The predicted molar refractivity (Wildman–Crippen MR) is 120 cm³/mol. The van der Waals surface area contributed by atoms with Crippen LogP contribution < -0.4 is 5.32 Å². The van der Waals surface area contributed by atoms with Crippen LogP contribution in [0.15, 0.2) is 68.8 Å². The molecule has 0 bridgehead atoms. The van der Waals surface area contributed by atoms with Gasteiger partial charge in [-0.05, 0) is 43.0 Å². The summed E-state index contributed by atoms with van der Waals surface area (Å²) in [6, 6.07) is 13.3. The van der Waals surface area contributed by atoms with E-state index in [1.807, 2.05) is 30.5 Å². The molecular formula is C21H18BrN5O2S. The Bertz CT molecular complexity index is 1170. The van der Waals surface area contributed by atoms with Crippen molar-refractivity contribution in [1.29, 1.82) is 0 Å². The number of carbonyl (C=O) groups is 1. The van der Waals surface area contributed by atoms with Gasteiger partial charge in [-0.25, -0.2) is 14.6 Å². The number of halogens is 1. The summed E-state index contributed by atoms with van der Waals surface area (Å²) < 4.78 is 8.15. The molecule has 1 N–H and O–H groups in total. The van der Waals surface area contributed by atoms with Crippen LogP contribution in [0.1, 0.15) is 21.6 Å². The zero-order chi connectivity index (χ0) is 21.1. The van der Waals surface area contributed by atoms with Crippen LogP contribution in [0, 0.1) is 6.92 Å². The Labute approximate surface area is 186 Å². The number of nitrogens with one attached hydrogen (secondary N) is 1. The molecule has 0 saturated carbocycles. The maximum absolute atomic E-state index is 13.1. The second-order valence-corrected chi connectivity index (χ2v) is 8.16. The van der Waals surface area contributed by atoms with Crippen molar-refractivity contribution in [2.45, 2.75) is 18.5 Å². The smallest absolute Gasteiger partial charge is 0.261 e. The predicted octanol–water partition coefficient (Wildman–Crippen LogP) is 5.03. The van der Waals surface area contributed by atoms with Crippen LogP contribution in [-0.2, 0) is 6.54 Å². The molecule has 1 amide bonds. The number of carbonyl (C=O) groups excluding carboxylic acids is 1. The van der Waals surface area contributed by atoms with E-state index in [0.29, 0.717) is 40.2 Å². The number of rotatable bonds is 6. The second kappa shape index (κ2) is 8.85. The zero-order valence-corrected chi connectivity index (χ0v) is 18.7. The third kappa shape index (κ3) is 4.31. The van der Waals surface area contributed by atoms with Gasteiger partial charge < -0.3 is 9.73 Å². The third-order valence-corrected chi connectivity index (χ3v) is 5.63. The van der Waals surface area contributed by atoms with Crippen molar-refractivity contribution in [3.8, 4) is 11.6 Å². The lowest BCUT2D eigenvalue weighted by molar-refractivity contribution is 0.102. The molecule has 152 valence electrons. The fourth-order valence-corrected chi connectivity index (χ4v) is 3.86. The van der Waals surface area contributed by atoms with Crippen LogP contribution in [0.25, 0.3) is 11.6 Å². The summed E-state index contributed by atoms with van der Waals surface area (Å²) in [7, 11) is 0. The quantitative estimate of drug-likeness (QED) is 0.305. The van der Waals surface area contributed by atoms with E-state index in [-0.39, 0.29) is 5.91 Å². The highest BCUT2D eigenvalue weighted by molar-refractivity contribution is 9.10. The van der Waals surface area contributed by atoms with E-state index >= 15 is 0 Å². The number of benzene rings is 1. The standard InChI is InChI=1S/C21H18BrN5O2S/c1-13-18(21(30-2)26-19(24-13)16-4-3-11-29-16)20(28)25-17-9-10-23-27(17)12-14-5-7-15(22)8-6-14/h3-11H,12H2,1-2H3,(H,25,28). The summed E-state index contributed by atoms with van der Waals surface area (Å²) in [5.41, 5.74) is 2.09. The van der Waals surface area contributed by atoms with Crippen molar-refractivity contribution in [3.63, 3.8) is 0 Å². The molecular weight excluding hydrogens is 466 g/mol. The molecule has 0 aliphatic carbocycles. The molecule has 30 heavy (non-hydrogen) atoms. The van der Waals surface area contributed by atoms with Crippen LogP contribution in [0.2, 0.25) is 0 Å². The van der Waals surface area contributed by atoms with E-state index < -0.39 is 0 Å². The minimum Gasteiger partial charge on any atom is -0.461 e. The average molecular weight is 484 g/mol. The molecule has 0 saturated heterocycles. The van der Waals surface area contributed by atoms with Crippen molar-refractivity contribution in [3.05, 3.63) is 76.2 Å². The Hall–Kier alpha value is -2.91. The zero-order valence-electron chi connectivity index (χ0n) is 16.3.